The van der Waals surface area contributed by atoms with Crippen LogP contribution in [0.2, 0.25) is 0 Å². The van der Waals surface area contributed by atoms with Gasteiger partial charge in [-0.3, -0.25) is 0 Å². The molecule has 108 valence electrons. The zero-order valence-electron chi connectivity index (χ0n) is 10.8. The first-order valence-corrected chi connectivity index (χ1v) is 6.20. The van der Waals surface area contributed by atoms with Gasteiger partial charge in [-0.1, -0.05) is 18.2 Å². The van der Waals surface area contributed by atoms with E-state index in [2.05, 4.69) is 15.2 Å². The molecule has 3 rings (SSSR count). The zero-order chi connectivity index (χ0) is 14.8. The van der Waals surface area contributed by atoms with Crippen LogP contribution in [0.5, 0.6) is 0 Å². The highest BCUT2D eigenvalue weighted by Crippen LogP contribution is 2.25. The van der Waals surface area contributed by atoms with Gasteiger partial charge < -0.3 is 19.9 Å². The van der Waals surface area contributed by atoms with E-state index in [1.165, 1.54) is 0 Å². The summed E-state index contributed by atoms with van der Waals surface area (Å²) in [5.41, 5.74) is 6.90. The van der Waals surface area contributed by atoms with E-state index in [-0.39, 0.29) is 12.3 Å². The average molecular weight is 288 g/mol. The Kier molecular flexibility index (Phi) is 3.19. The quantitative estimate of drug-likeness (QED) is 0.665. The molecule has 8 nitrogen and oxygen atoms in total. The van der Waals surface area contributed by atoms with Gasteiger partial charge in [-0.25, -0.2) is 14.7 Å². The summed E-state index contributed by atoms with van der Waals surface area (Å²) in [6.45, 7) is 0. The van der Waals surface area contributed by atoms with Crippen molar-refractivity contribution in [3.63, 3.8) is 0 Å². The van der Waals surface area contributed by atoms with Gasteiger partial charge in [0.25, 0.3) is 5.89 Å². The number of aromatic nitrogens is 3. The number of primary amides is 1. The molecule has 0 aliphatic rings. The molecule has 0 saturated carbocycles. The van der Waals surface area contributed by atoms with Gasteiger partial charge in [0.15, 0.2) is 6.10 Å². The first kappa shape index (κ1) is 13.0. The van der Waals surface area contributed by atoms with E-state index >= 15 is 0 Å². The smallest absolute Gasteiger partial charge is 0.434 e. The van der Waals surface area contributed by atoms with E-state index in [0.29, 0.717) is 0 Å². The second kappa shape index (κ2) is 5.16. The van der Waals surface area contributed by atoms with Gasteiger partial charge in [-0.15, -0.1) is 5.10 Å². The fourth-order valence-electron chi connectivity index (χ4n) is 2.20. The SMILES string of the molecule is NC(=O)OC(Cc1c[nH]c2ccccc12)c1n[nH]c(=O)o1. The Labute approximate surface area is 117 Å². The zero-order valence-corrected chi connectivity index (χ0v) is 10.8. The second-order valence-electron chi connectivity index (χ2n) is 4.44. The number of amides is 1. The van der Waals surface area contributed by atoms with Crippen molar-refractivity contribution in [2.45, 2.75) is 12.5 Å². The lowest BCUT2D eigenvalue weighted by Crippen LogP contribution is -2.19. The lowest BCUT2D eigenvalue weighted by molar-refractivity contribution is 0.0888. The number of para-hydroxylation sites is 1. The molecule has 2 aromatic heterocycles. The summed E-state index contributed by atoms with van der Waals surface area (Å²) in [6.07, 6.45) is 0.235. The number of carbonyl (C=O) groups excluding carboxylic acids is 1. The van der Waals surface area contributed by atoms with E-state index in [1.54, 1.807) is 6.20 Å². The van der Waals surface area contributed by atoms with Gasteiger partial charge in [-0.05, 0) is 11.6 Å². The number of nitrogens with two attached hydrogens (primary N) is 1. The van der Waals surface area contributed by atoms with Gasteiger partial charge in [0.2, 0.25) is 0 Å². The first-order chi connectivity index (χ1) is 10.1. The summed E-state index contributed by atoms with van der Waals surface area (Å²) in [5, 5.41) is 6.79. The number of H-pyrrole nitrogens is 2. The molecule has 2 heterocycles. The molecule has 1 aromatic carbocycles. The van der Waals surface area contributed by atoms with Gasteiger partial charge in [-0.2, -0.15) is 0 Å². The molecular formula is C13H12N4O4. The predicted molar refractivity (Wildman–Crippen MR) is 72.5 cm³/mol. The molecule has 1 atom stereocenters. The Morgan fingerprint density at radius 1 is 1.43 bits per heavy atom. The predicted octanol–water partition coefficient (Wildman–Crippen LogP) is 1.22. The minimum Gasteiger partial charge on any atom is -0.436 e. The number of hydrogen-bond donors (Lipinski definition) is 3. The number of fused-ring (bicyclic) bond motifs is 1. The third kappa shape index (κ3) is 2.64. The standard InChI is InChI=1S/C13H12N4O4/c14-12(18)20-10(11-16-17-13(19)21-11)5-7-6-15-9-4-2-1-3-8(7)9/h1-4,6,10,15H,5H2,(H2,14,18)(H,17,19). The fourth-order valence-corrected chi connectivity index (χ4v) is 2.20. The van der Waals surface area contributed by atoms with E-state index in [1.807, 2.05) is 24.3 Å². The fraction of sp³-hybridized carbons (Fsp3) is 0.154. The molecule has 1 amide bonds. The third-order valence-corrected chi connectivity index (χ3v) is 3.07. The number of carbonyl (C=O) groups is 1. The molecule has 0 spiro atoms. The van der Waals surface area contributed by atoms with Crippen molar-refractivity contribution in [3.05, 3.63) is 52.5 Å². The molecule has 0 aliphatic carbocycles. The van der Waals surface area contributed by atoms with Gasteiger partial charge in [0.05, 0.1) is 0 Å². The highest BCUT2D eigenvalue weighted by Gasteiger charge is 2.23. The molecule has 8 heteroatoms. The Hall–Kier alpha value is -3.03. The summed E-state index contributed by atoms with van der Waals surface area (Å²) in [6, 6.07) is 7.67. The topological polar surface area (TPSA) is 127 Å². The molecule has 0 bridgehead atoms. The largest absolute Gasteiger partial charge is 0.436 e. The molecule has 0 aliphatic heterocycles. The Morgan fingerprint density at radius 3 is 2.95 bits per heavy atom. The highest BCUT2D eigenvalue weighted by atomic mass is 16.6. The van der Waals surface area contributed by atoms with Crippen LogP contribution in [0.25, 0.3) is 10.9 Å². The van der Waals surface area contributed by atoms with E-state index in [9.17, 15) is 9.59 Å². The Balaban J connectivity index is 1.94. The number of nitrogens with one attached hydrogen (secondary N) is 2. The van der Waals surface area contributed by atoms with Gasteiger partial charge in [0, 0.05) is 23.5 Å². The normalized spacial score (nSPS) is 12.4. The molecular weight excluding hydrogens is 276 g/mol. The number of benzene rings is 1. The van der Waals surface area contributed by atoms with Crippen LogP contribution in [-0.4, -0.2) is 21.3 Å². The minimum absolute atomic E-state index is 0.0240. The van der Waals surface area contributed by atoms with Crippen LogP contribution < -0.4 is 11.5 Å². The molecule has 0 radical (unpaired) electrons. The monoisotopic (exact) mass is 288 g/mol. The highest BCUT2D eigenvalue weighted by molar-refractivity contribution is 5.83. The van der Waals surface area contributed by atoms with Crippen LogP contribution in [-0.2, 0) is 11.2 Å². The van der Waals surface area contributed by atoms with Gasteiger partial charge >= 0.3 is 11.8 Å². The maximum absolute atomic E-state index is 11.0. The van der Waals surface area contributed by atoms with Crippen molar-refractivity contribution in [3.8, 4) is 0 Å². The molecule has 1 unspecified atom stereocenters. The maximum atomic E-state index is 11.0. The second-order valence-corrected chi connectivity index (χ2v) is 4.44. The van der Waals surface area contributed by atoms with Crippen molar-refractivity contribution in [1.82, 2.24) is 15.2 Å². The Bertz CT molecular complexity index is 832. The van der Waals surface area contributed by atoms with Crippen LogP contribution in [0.15, 0.2) is 39.7 Å². The Morgan fingerprint density at radius 2 is 2.24 bits per heavy atom. The minimum atomic E-state index is -0.967. The van der Waals surface area contributed by atoms with Crippen molar-refractivity contribution < 1.29 is 13.9 Å². The average Bonchev–Trinajstić information content (AvgIpc) is 3.05. The van der Waals surface area contributed by atoms with Crippen molar-refractivity contribution >= 4 is 17.0 Å². The molecule has 0 saturated heterocycles. The van der Waals surface area contributed by atoms with Crippen LogP contribution in [0, 0.1) is 0 Å². The third-order valence-electron chi connectivity index (χ3n) is 3.07. The summed E-state index contributed by atoms with van der Waals surface area (Å²) < 4.78 is 9.82. The summed E-state index contributed by atoms with van der Waals surface area (Å²) in [7, 11) is 0. The number of rotatable bonds is 4. The summed E-state index contributed by atoms with van der Waals surface area (Å²) >= 11 is 0. The van der Waals surface area contributed by atoms with Crippen molar-refractivity contribution in [1.29, 1.82) is 0 Å². The first-order valence-electron chi connectivity index (χ1n) is 6.20. The van der Waals surface area contributed by atoms with Gasteiger partial charge in [0.1, 0.15) is 0 Å². The van der Waals surface area contributed by atoms with E-state index in [0.717, 1.165) is 16.5 Å². The summed E-state index contributed by atoms with van der Waals surface area (Å²) in [5.74, 6) is -0.744. The lowest BCUT2D eigenvalue weighted by Gasteiger charge is -2.12. The van der Waals surface area contributed by atoms with Crippen molar-refractivity contribution in [2.24, 2.45) is 5.73 Å². The van der Waals surface area contributed by atoms with Crippen molar-refractivity contribution in [2.75, 3.05) is 0 Å². The van der Waals surface area contributed by atoms with Crippen LogP contribution in [0.4, 0.5) is 4.79 Å². The molecule has 3 aromatic rings. The number of hydrogen-bond acceptors (Lipinski definition) is 5. The maximum Gasteiger partial charge on any atom is 0.434 e. The lowest BCUT2D eigenvalue weighted by atomic mass is 10.1. The molecule has 21 heavy (non-hydrogen) atoms. The number of ether oxygens (including phenoxy) is 1. The van der Waals surface area contributed by atoms with E-state index in [4.69, 9.17) is 14.9 Å². The number of nitrogens with zero attached hydrogens (tertiary/aromatic N) is 1. The molecule has 4 N–H and O–H groups in total. The summed E-state index contributed by atoms with van der Waals surface area (Å²) in [4.78, 5) is 25.2. The van der Waals surface area contributed by atoms with Crippen LogP contribution in [0.3, 0.4) is 0 Å². The van der Waals surface area contributed by atoms with E-state index < -0.39 is 18.0 Å². The van der Waals surface area contributed by atoms with Crippen LogP contribution in [0.1, 0.15) is 17.6 Å². The number of aromatic amines is 2. The van der Waals surface area contributed by atoms with Crippen LogP contribution >= 0.6 is 0 Å². The molecule has 0 fully saturated rings.